The maximum atomic E-state index is 14.1. The van der Waals surface area contributed by atoms with Crippen LogP contribution >= 0.6 is 60.6 Å². The van der Waals surface area contributed by atoms with Crippen LogP contribution in [0.5, 0.6) is 0 Å². The van der Waals surface area contributed by atoms with Crippen molar-refractivity contribution in [1.29, 1.82) is 0 Å². The number of benzene rings is 3. The molecule has 0 bridgehead atoms. The van der Waals surface area contributed by atoms with Crippen LogP contribution in [0.15, 0.2) is 91.8 Å². The van der Waals surface area contributed by atoms with Gasteiger partial charge in [0.1, 0.15) is 15.4 Å². The second-order valence-corrected chi connectivity index (χ2v) is 16.3. The van der Waals surface area contributed by atoms with Crippen molar-refractivity contribution in [2.24, 2.45) is 10.2 Å². The minimum Gasteiger partial charge on any atom is -0.304 e. The molecule has 7 rings (SSSR count). The minimum atomic E-state index is -0.303. The molecule has 0 saturated heterocycles. The first-order valence-electron chi connectivity index (χ1n) is 18.0. The van der Waals surface area contributed by atoms with Crippen molar-refractivity contribution in [3.63, 3.8) is 0 Å². The van der Waals surface area contributed by atoms with E-state index in [0.717, 1.165) is 46.6 Å². The van der Waals surface area contributed by atoms with Gasteiger partial charge in [-0.1, -0.05) is 118 Å². The molecule has 7 nitrogen and oxygen atoms in total. The van der Waals surface area contributed by atoms with Crippen molar-refractivity contribution in [3.8, 4) is 0 Å². The van der Waals surface area contributed by atoms with E-state index in [4.69, 9.17) is 47.3 Å². The third-order valence-electron chi connectivity index (χ3n) is 10.3. The molecule has 1 aromatic heterocycles. The molecular weight excluding hydrogens is 862 g/mol. The molecule has 2 atom stereocenters. The van der Waals surface area contributed by atoms with E-state index in [1.807, 2.05) is 88.4 Å². The summed E-state index contributed by atoms with van der Waals surface area (Å²) in [4.78, 5) is 30.9. The molecule has 3 aromatic carbocycles. The second kappa shape index (κ2) is 20.4. The minimum absolute atomic E-state index is 0. The molecular formula is C40H45CuFeN5O2S5+2. The van der Waals surface area contributed by atoms with Gasteiger partial charge in [-0.3, -0.25) is 14.5 Å². The van der Waals surface area contributed by atoms with E-state index < -0.39 is 0 Å². The number of hydrogen-bond acceptors (Lipinski definition) is 9. The van der Waals surface area contributed by atoms with Crippen LogP contribution in [0, 0.1) is 9.41 Å². The van der Waals surface area contributed by atoms with Crippen molar-refractivity contribution in [2.45, 2.75) is 105 Å². The number of thiol groups is 1. The molecule has 2 unspecified atom stereocenters. The Morgan fingerprint density at radius 3 is 1.67 bits per heavy atom. The summed E-state index contributed by atoms with van der Waals surface area (Å²) in [5, 5.41) is 9.99. The number of thioether (sulfide) groups is 2. The Bertz CT molecular complexity index is 2090. The van der Waals surface area contributed by atoms with E-state index in [2.05, 4.69) is 13.8 Å². The number of aromatic nitrogens is 2. The second-order valence-electron chi connectivity index (χ2n) is 13.4. The summed E-state index contributed by atoms with van der Waals surface area (Å²) in [5.41, 5.74) is 3.54. The third kappa shape index (κ3) is 9.08. The van der Waals surface area contributed by atoms with Crippen LogP contribution in [-0.2, 0) is 34.1 Å². The number of fused-ring (bicyclic) bond motifs is 1. The summed E-state index contributed by atoms with van der Waals surface area (Å²) in [7, 11) is 0. The first-order valence-corrected chi connectivity index (χ1v) is 21.7. The van der Waals surface area contributed by atoms with Gasteiger partial charge >= 0.3 is 17.1 Å². The Kier molecular flexibility index (Phi) is 16.9. The normalized spacial score (nSPS) is 16.4. The Hall–Kier alpha value is -1.99. The fourth-order valence-electron chi connectivity index (χ4n) is 7.43. The summed E-state index contributed by atoms with van der Waals surface area (Å²) >= 11 is 20.1. The van der Waals surface area contributed by atoms with Gasteiger partial charge in [-0.2, -0.15) is 0 Å². The first-order chi connectivity index (χ1) is 25.2. The van der Waals surface area contributed by atoms with Crippen LogP contribution in [0.3, 0.4) is 0 Å². The zero-order chi connectivity index (χ0) is 36.9. The van der Waals surface area contributed by atoms with Gasteiger partial charge < -0.3 is 9.13 Å². The molecule has 289 valence electrons. The number of carbonyl (C=O) groups excluding carboxylic acids is 2. The van der Waals surface area contributed by atoms with Gasteiger partial charge in [0.2, 0.25) is 0 Å². The Morgan fingerprint density at radius 2 is 1.17 bits per heavy atom. The average molecular weight is 908 g/mol. The monoisotopic (exact) mass is 906 g/mol. The number of rotatable bonds is 9. The van der Waals surface area contributed by atoms with Crippen LogP contribution in [0.2, 0.25) is 0 Å². The molecule has 4 aromatic rings. The van der Waals surface area contributed by atoms with Gasteiger partial charge in [0.15, 0.2) is 10.5 Å². The van der Waals surface area contributed by atoms with E-state index >= 15 is 0 Å². The van der Waals surface area contributed by atoms with Gasteiger partial charge in [0, 0.05) is 32.9 Å². The van der Waals surface area contributed by atoms with Crippen LogP contribution < -0.4 is 0 Å². The van der Waals surface area contributed by atoms with Crippen molar-refractivity contribution in [3.05, 3.63) is 98.4 Å². The van der Waals surface area contributed by atoms with E-state index in [1.165, 1.54) is 60.5 Å². The zero-order valence-corrected chi connectivity index (χ0v) is 36.9. The van der Waals surface area contributed by atoms with Crippen molar-refractivity contribution in [2.75, 3.05) is 12.5 Å². The Balaban J connectivity index is 0.000000858. The van der Waals surface area contributed by atoms with Crippen LogP contribution in [0.4, 0.5) is 11.4 Å². The van der Waals surface area contributed by atoms with Crippen LogP contribution in [0.1, 0.15) is 116 Å². The zero-order valence-electron chi connectivity index (χ0n) is 30.7. The van der Waals surface area contributed by atoms with Gasteiger partial charge in [-0.15, -0.1) is 46.4 Å². The fraction of sp³-hybridized carbons (Fsp3) is 0.400. The van der Waals surface area contributed by atoms with Gasteiger partial charge in [-0.25, -0.2) is 0 Å². The summed E-state index contributed by atoms with van der Waals surface area (Å²) in [6.07, 6.45) is 15.0. The largest absolute Gasteiger partial charge is 2.00 e. The molecule has 1 aliphatic heterocycles. The quantitative estimate of drug-likeness (QED) is 0.0343. The summed E-state index contributed by atoms with van der Waals surface area (Å²) in [6, 6.07) is 21.5. The summed E-state index contributed by atoms with van der Waals surface area (Å²) < 4.78 is 4.76. The SMILES string of the molecule is C1CCCC1.CSc1cc(SC)c2c(c1N=Nc1c(S)n(C(C)c3ccccc3)c(=S)n(C(C)c3ccccc3)c1=S)C(=O)N(C1CCCC1)C2=O.[Cu+2].[Fe]. The number of hydrogen-bond donors (Lipinski definition) is 1. The van der Waals surface area contributed by atoms with Gasteiger partial charge in [-0.05, 0) is 68.6 Å². The molecule has 2 aliphatic carbocycles. The molecule has 0 N–H and O–H groups in total. The first kappa shape index (κ1) is 44.7. The number of imide groups is 1. The molecule has 2 saturated carbocycles. The molecule has 2 amide bonds. The smallest absolute Gasteiger partial charge is 0.304 e. The van der Waals surface area contributed by atoms with E-state index in [9.17, 15) is 9.59 Å². The van der Waals surface area contributed by atoms with E-state index in [0.29, 0.717) is 36.9 Å². The van der Waals surface area contributed by atoms with Crippen molar-refractivity contribution >= 4 is 83.8 Å². The molecule has 1 radical (unpaired) electrons. The third-order valence-corrected chi connectivity index (χ3v) is 13.1. The average Bonchev–Trinajstić information content (AvgIpc) is 3.97. The standard InChI is InChI=1S/C35H35N5O2S5.C5H10.Cu.Fe/c1-20(22-13-7-5-8-14-22)38-33(43)30(34(44)39(35(38)45)21(2)23-15-9-6-10-16-23)37-36-29-26(47-4)19-25(46-3)27-28(29)32(42)40(31(27)41)24-17-11-12-18-24;1-2-4-5-3-1;;/h5-10,13-16,19-21,24,43H,11-12,17-18H2,1-4H3;1-5H2;;/q;;+2;. The molecule has 2 heterocycles. The molecule has 14 heteroatoms. The van der Waals surface area contributed by atoms with E-state index in [1.54, 1.807) is 0 Å². The predicted octanol–water partition coefficient (Wildman–Crippen LogP) is 12.6. The molecule has 0 spiro atoms. The molecule has 54 heavy (non-hydrogen) atoms. The fourth-order valence-corrected chi connectivity index (χ4v) is 10.2. The van der Waals surface area contributed by atoms with Gasteiger partial charge in [0.25, 0.3) is 11.8 Å². The van der Waals surface area contributed by atoms with Crippen LogP contribution in [-0.4, -0.2) is 44.4 Å². The number of carbonyl (C=O) groups is 2. The Morgan fingerprint density at radius 1 is 0.704 bits per heavy atom. The molecule has 2 fully saturated rings. The Labute approximate surface area is 364 Å². The van der Waals surface area contributed by atoms with Crippen molar-refractivity contribution < 1.29 is 43.7 Å². The van der Waals surface area contributed by atoms with Crippen molar-refractivity contribution in [1.82, 2.24) is 14.0 Å². The molecule has 3 aliphatic rings. The number of amides is 2. The number of nitrogens with zero attached hydrogens (tertiary/aromatic N) is 5. The maximum absolute atomic E-state index is 14.1. The predicted molar refractivity (Wildman–Crippen MR) is 222 cm³/mol. The number of azo groups is 1. The van der Waals surface area contributed by atoms with Crippen LogP contribution in [0.25, 0.3) is 0 Å². The topological polar surface area (TPSA) is 72.0 Å². The maximum Gasteiger partial charge on any atom is 2.00 e. The van der Waals surface area contributed by atoms with E-state index in [-0.39, 0.29) is 64.1 Å². The summed E-state index contributed by atoms with van der Waals surface area (Å²) in [6.45, 7) is 4.12. The summed E-state index contributed by atoms with van der Waals surface area (Å²) in [5.74, 6) is -0.549. The van der Waals surface area contributed by atoms with Gasteiger partial charge in [0.05, 0.1) is 23.2 Å².